The topological polar surface area (TPSA) is 324 Å². The van der Waals surface area contributed by atoms with Crippen LogP contribution < -0.4 is 15.8 Å². The third-order valence-electron chi connectivity index (χ3n) is 11.3. The van der Waals surface area contributed by atoms with Crippen molar-refractivity contribution in [2.45, 2.75) is 94.3 Å². The summed E-state index contributed by atoms with van der Waals surface area (Å²) < 4.78 is 33.3. The normalized spacial score (nSPS) is 30.0. The first-order valence-corrected chi connectivity index (χ1v) is 18.7. The molecule has 3 aromatic carbocycles. The maximum Gasteiger partial charge on any atom is 0.328 e. The highest BCUT2D eigenvalue weighted by molar-refractivity contribution is 6.31. The molecule has 60 heavy (non-hydrogen) atoms. The Morgan fingerprint density at radius 2 is 1.48 bits per heavy atom. The number of carbonyl (C=O) groups excluding carboxylic acids is 4. The van der Waals surface area contributed by atoms with E-state index in [9.17, 15) is 60.0 Å². The number of ether oxygens (including phenoxy) is 6. The van der Waals surface area contributed by atoms with Crippen molar-refractivity contribution in [1.29, 1.82) is 0 Å². The average molecular weight is 841 g/mol. The number of hydrogen-bond donors (Lipinski definition) is 10. The molecule has 2 heterocycles. The molecule has 1 amide bonds. The molecule has 2 aliphatic carbocycles. The number of phenols is 3. The number of nitrogens with two attached hydrogens (primary N) is 1. The van der Waals surface area contributed by atoms with Crippen LogP contribution in [0.3, 0.4) is 0 Å². The molecular weight excluding hydrogens is 796 g/mol. The van der Waals surface area contributed by atoms with Crippen LogP contribution in [0, 0.1) is 6.92 Å². The standard InChI is InChI=1S/C40H44N2O18/c1-11-6-18-24(31(49)21(11)37(53)42-12(2)38(54)56-5)23-16(9-17-25(32(23)50)28(46)15-7-14(55-4)8-19(43)22(15)27(17)45)29(47)35(18)59-40-34(52)36(26(41)13(3)58-40)60-39-33(51)30(48)20(44)10-57-39/h6-9,12-13,20,26,29-30,33-36,39-40,43-44,47-52H,10,41H2,1-5H3,(H,42,53)/t12-,13-,20-,26+,29+,30+,33-,34-,35+,36+,39+,40+/m1/s1. The average Bonchev–Trinajstić information content (AvgIpc) is 3.20. The van der Waals surface area contributed by atoms with Gasteiger partial charge in [-0.05, 0) is 49.6 Å². The van der Waals surface area contributed by atoms with Crippen LogP contribution in [-0.2, 0) is 28.5 Å². The number of nitrogens with one attached hydrogen (secondary N) is 1. The zero-order chi connectivity index (χ0) is 43.8. The van der Waals surface area contributed by atoms with Crippen molar-refractivity contribution < 1.29 is 88.5 Å². The highest BCUT2D eigenvalue weighted by Crippen LogP contribution is 2.57. The van der Waals surface area contributed by atoms with Gasteiger partial charge in [-0.3, -0.25) is 14.4 Å². The summed E-state index contributed by atoms with van der Waals surface area (Å²) in [6.07, 6.45) is -15.9. The Balaban J connectivity index is 1.36. The second-order valence-electron chi connectivity index (χ2n) is 15.1. The monoisotopic (exact) mass is 840 g/mol. The van der Waals surface area contributed by atoms with Gasteiger partial charge in [-0.25, -0.2) is 4.79 Å². The molecule has 11 N–H and O–H groups in total. The lowest BCUT2D eigenvalue weighted by atomic mass is 9.74. The third-order valence-corrected chi connectivity index (χ3v) is 11.3. The van der Waals surface area contributed by atoms with E-state index >= 15 is 0 Å². The Bertz CT molecular complexity index is 2280. The lowest BCUT2D eigenvalue weighted by molar-refractivity contribution is -0.337. The zero-order valence-electron chi connectivity index (χ0n) is 32.7. The molecule has 7 rings (SSSR count). The third kappa shape index (κ3) is 6.83. The number of aromatic hydroxyl groups is 3. The fourth-order valence-electron chi connectivity index (χ4n) is 8.10. The summed E-state index contributed by atoms with van der Waals surface area (Å²) in [4.78, 5) is 54.0. The molecule has 3 aromatic rings. The second-order valence-corrected chi connectivity index (χ2v) is 15.1. The number of carbonyl (C=O) groups is 4. The second kappa shape index (κ2) is 16.0. The van der Waals surface area contributed by atoms with Crippen molar-refractivity contribution in [2.24, 2.45) is 5.73 Å². The summed E-state index contributed by atoms with van der Waals surface area (Å²) in [5.74, 6) is -5.90. The summed E-state index contributed by atoms with van der Waals surface area (Å²) in [5, 5.41) is 91.8. The molecule has 0 unspecified atom stereocenters. The van der Waals surface area contributed by atoms with Crippen molar-refractivity contribution >= 4 is 23.4 Å². The van der Waals surface area contributed by atoms with Gasteiger partial charge in [0.2, 0.25) is 0 Å². The van der Waals surface area contributed by atoms with E-state index in [1.807, 2.05) is 0 Å². The van der Waals surface area contributed by atoms with Gasteiger partial charge < -0.3 is 80.3 Å². The molecule has 0 aromatic heterocycles. The van der Waals surface area contributed by atoms with E-state index in [2.05, 4.69) is 5.32 Å². The minimum Gasteiger partial charge on any atom is -0.507 e. The van der Waals surface area contributed by atoms with Gasteiger partial charge in [-0.1, -0.05) is 6.07 Å². The SMILES string of the molecule is COC(=O)[C@@H](C)NC(=O)c1c(C)cc2c(c1O)-c1c(cc3c(c1O)C(=O)c1cc(OC)cc(O)c1C3=O)[C@H](O)[C@H]2O[C@@H]1O[C@H](C)[C@H](N)[C@H](O[C@@H]2OC[C@@H](O)[C@H](O)[C@H]2O)[C@H]1O. The summed E-state index contributed by atoms with van der Waals surface area (Å²) in [5.41, 5.74) is 3.14. The molecule has 0 spiro atoms. The number of amides is 1. The van der Waals surface area contributed by atoms with Crippen LogP contribution in [0.4, 0.5) is 0 Å². The first kappa shape index (κ1) is 42.8. The van der Waals surface area contributed by atoms with Crippen molar-refractivity contribution in [3.05, 3.63) is 68.8 Å². The van der Waals surface area contributed by atoms with Gasteiger partial charge in [0.25, 0.3) is 5.91 Å². The number of aliphatic hydroxyl groups excluding tert-OH is 5. The molecule has 0 bridgehead atoms. The minimum atomic E-state index is -1.89. The number of rotatable bonds is 8. The number of phenolic OH excluding ortho intramolecular Hbond substituents is 3. The molecule has 4 aliphatic rings. The summed E-state index contributed by atoms with van der Waals surface area (Å²) in [7, 11) is 2.38. The van der Waals surface area contributed by atoms with Crippen molar-refractivity contribution in [1.82, 2.24) is 5.32 Å². The lowest BCUT2D eigenvalue weighted by Crippen LogP contribution is -2.64. The fourth-order valence-corrected chi connectivity index (χ4v) is 8.10. The van der Waals surface area contributed by atoms with Gasteiger partial charge >= 0.3 is 5.97 Å². The van der Waals surface area contributed by atoms with Gasteiger partial charge in [0, 0.05) is 28.3 Å². The van der Waals surface area contributed by atoms with E-state index < -0.39 is 143 Å². The Kier molecular flexibility index (Phi) is 11.4. The van der Waals surface area contributed by atoms with Crippen molar-refractivity contribution in [2.75, 3.05) is 20.8 Å². The molecule has 2 aliphatic heterocycles. The maximum absolute atomic E-state index is 14.1. The Hall–Kier alpha value is -5.26. The number of benzene rings is 3. The van der Waals surface area contributed by atoms with Crippen molar-refractivity contribution in [3.63, 3.8) is 0 Å². The van der Waals surface area contributed by atoms with Crippen LogP contribution in [-0.4, -0.2) is 146 Å². The minimum absolute atomic E-state index is 0.0212. The molecule has 2 saturated heterocycles. The lowest BCUT2D eigenvalue weighted by Gasteiger charge is -2.46. The quantitative estimate of drug-likeness (QED) is 0.0973. The van der Waals surface area contributed by atoms with E-state index in [0.717, 1.165) is 19.2 Å². The summed E-state index contributed by atoms with van der Waals surface area (Å²) in [6, 6.07) is 2.41. The first-order chi connectivity index (χ1) is 28.3. The number of methoxy groups -OCH3 is 2. The molecule has 0 saturated carbocycles. The predicted octanol–water partition coefficient (Wildman–Crippen LogP) is -0.784. The number of aryl methyl sites for hydroxylation is 1. The number of hydrogen-bond acceptors (Lipinski definition) is 19. The van der Waals surface area contributed by atoms with E-state index in [-0.39, 0.29) is 39.1 Å². The Morgan fingerprint density at radius 1 is 0.833 bits per heavy atom. The van der Waals surface area contributed by atoms with E-state index in [0.29, 0.717) is 0 Å². The molecule has 20 heteroatoms. The summed E-state index contributed by atoms with van der Waals surface area (Å²) >= 11 is 0. The smallest absolute Gasteiger partial charge is 0.328 e. The molecule has 2 fully saturated rings. The summed E-state index contributed by atoms with van der Waals surface area (Å²) in [6.45, 7) is 3.83. The van der Waals surface area contributed by atoms with Gasteiger partial charge in [0.15, 0.2) is 24.1 Å². The van der Waals surface area contributed by atoms with Crippen LogP contribution in [0.1, 0.15) is 84.9 Å². The maximum atomic E-state index is 14.1. The predicted molar refractivity (Wildman–Crippen MR) is 200 cm³/mol. The Labute approximate surface area is 340 Å². The van der Waals surface area contributed by atoms with Crippen molar-refractivity contribution in [3.8, 4) is 34.1 Å². The number of esters is 1. The van der Waals surface area contributed by atoms with Gasteiger partial charge in [-0.2, -0.15) is 0 Å². The van der Waals surface area contributed by atoms with Crippen LogP contribution >= 0.6 is 0 Å². The fraction of sp³-hybridized carbons (Fsp3) is 0.450. The van der Waals surface area contributed by atoms with Gasteiger partial charge in [0.05, 0.1) is 49.7 Å². The Morgan fingerprint density at radius 3 is 2.15 bits per heavy atom. The number of aliphatic hydroxyl groups is 5. The molecule has 0 radical (unpaired) electrons. The van der Waals surface area contributed by atoms with Crippen LogP contribution in [0.15, 0.2) is 24.3 Å². The molecule has 20 nitrogen and oxygen atoms in total. The van der Waals surface area contributed by atoms with Crippen LogP contribution in [0.25, 0.3) is 11.1 Å². The van der Waals surface area contributed by atoms with Crippen LogP contribution in [0.5, 0.6) is 23.0 Å². The highest BCUT2D eigenvalue weighted by atomic mass is 16.7. The molecular formula is C40H44N2O18. The van der Waals surface area contributed by atoms with E-state index in [1.165, 1.54) is 40.0 Å². The van der Waals surface area contributed by atoms with E-state index in [4.69, 9.17) is 34.2 Å². The molecule has 322 valence electrons. The van der Waals surface area contributed by atoms with Gasteiger partial charge in [0.1, 0.15) is 71.8 Å². The number of ketones is 2. The zero-order valence-corrected chi connectivity index (χ0v) is 32.7. The van der Waals surface area contributed by atoms with E-state index in [1.54, 1.807) is 0 Å². The number of fused-ring (bicyclic) bond motifs is 5. The van der Waals surface area contributed by atoms with Crippen LogP contribution in [0.2, 0.25) is 0 Å². The highest BCUT2D eigenvalue weighted by Gasteiger charge is 2.51. The molecule has 12 atom stereocenters. The first-order valence-electron chi connectivity index (χ1n) is 18.7. The largest absolute Gasteiger partial charge is 0.507 e. The van der Waals surface area contributed by atoms with Gasteiger partial charge in [-0.15, -0.1) is 0 Å².